The van der Waals surface area contributed by atoms with E-state index in [1.807, 2.05) is 41.1 Å². The van der Waals surface area contributed by atoms with Crippen molar-refractivity contribution in [1.82, 2.24) is 14.9 Å². The summed E-state index contributed by atoms with van der Waals surface area (Å²) in [4.78, 5) is 4.33. The van der Waals surface area contributed by atoms with Crippen molar-refractivity contribution in [3.8, 4) is 5.69 Å². The molecule has 0 saturated carbocycles. The Balaban J connectivity index is 1.72. The second-order valence-corrected chi connectivity index (χ2v) is 7.35. The predicted octanol–water partition coefficient (Wildman–Crippen LogP) is 3.47. The minimum absolute atomic E-state index is 0.151. The second kappa shape index (κ2) is 8.14. The first-order valence-corrected chi connectivity index (χ1v) is 9.77. The number of fused-ring (bicyclic) bond motifs is 1. The van der Waals surface area contributed by atoms with Crippen LogP contribution in [0.3, 0.4) is 0 Å². The highest BCUT2D eigenvalue weighted by Gasteiger charge is 2.14. The molecule has 0 radical (unpaired) electrons. The van der Waals surface area contributed by atoms with E-state index in [0.29, 0.717) is 16.6 Å². The number of nitrogens with two attached hydrogens (primary N) is 1. The number of hydrogen-bond acceptors (Lipinski definition) is 4. The number of benzene rings is 2. The van der Waals surface area contributed by atoms with Crippen LogP contribution in [0.2, 0.25) is 10.0 Å². The van der Waals surface area contributed by atoms with Crippen LogP contribution in [-0.2, 0) is 0 Å². The van der Waals surface area contributed by atoms with Crippen molar-refractivity contribution in [3.05, 3.63) is 64.3 Å². The van der Waals surface area contributed by atoms with E-state index in [4.69, 9.17) is 34.3 Å². The average molecular weight is 428 g/mol. The lowest BCUT2D eigenvalue weighted by atomic mass is 10.2. The summed E-state index contributed by atoms with van der Waals surface area (Å²) in [6.45, 7) is 1.84. The largest absolute Gasteiger partial charge is 0.370 e. The molecule has 3 aromatic rings. The molecule has 4 rings (SSSR count). The fourth-order valence-corrected chi connectivity index (χ4v) is 3.70. The lowest BCUT2D eigenvalue weighted by Gasteiger charge is -2.16. The van der Waals surface area contributed by atoms with E-state index in [9.17, 15) is 0 Å². The monoisotopic (exact) mass is 427 g/mol. The summed E-state index contributed by atoms with van der Waals surface area (Å²) in [5.74, 6) is 0.620. The van der Waals surface area contributed by atoms with Gasteiger partial charge in [0.2, 0.25) is 5.96 Å². The lowest BCUT2D eigenvalue weighted by Crippen LogP contribution is -2.39. The third-order valence-corrected chi connectivity index (χ3v) is 5.11. The van der Waals surface area contributed by atoms with Crippen molar-refractivity contribution in [2.45, 2.75) is 0 Å². The maximum absolute atomic E-state index is 7.80. The van der Waals surface area contributed by atoms with Gasteiger partial charge in [-0.25, -0.2) is 5.01 Å². The van der Waals surface area contributed by atoms with Gasteiger partial charge in [0.15, 0.2) is 0 Å². The molecule has 0 spiro atoms. The van der Waals surface area contributed by atoms with E-state index in [2.05, 4.69) is 15.4 Å². The number of hydrogen-bond donors (Lipinski definition) is 3. The molecule has 0 atom stereocenters. The molecule has 7 nitrogen and oxygen atoms in total. The van der Waals surface area contributed by atoms with Gasteiger partial charge in [0.05, 0.1) is 29.0 Å². The van der Waals surface area contributed by atoms with Crippen molar-refractivity contribution >= 4 is 52.1 Å². The van der Waals surface area contributed by atoms with Crippen LogP contribution in [0.15, 0.2) is 58.8 Å². The van der Waals surface area contributed by atoms with Crippen LogP contribution in [0.5, 0.6) is 0 Å². The Labute approximate surface area is 177 Å². The molecule has 1 aromatic heterocycles. The van der Waals surface area contributed by atoms with Crippen LogP contribution in [0, 0.1) is 5.41 Å². The number of nitrogens with one attached hydrogen (secondary N) is 2. The van der Waals surface area contributed by atoms with Crippen LogP contribution in [0.4, 0.5) is 0 Å². The highest BCUT2D eigenvalue weighted by atomic mass is 35.5. The van der Waals surface area contributed by atoms with Gasteiger partial charge in [-0.2, -0.15) is 5.10 Å². The standard InChI is InChI=1S/C20H19Cl2N7/c21-14-5-6-18(16(22)9-14)28-11-13(15-3-1-2-4-17(15)28)10-27-29(20(23)24)12-19-25-7-8-26-19/h1-6,9-11H,7-8,12H2,(H3,23,24)(H,25,26)/b27-10+. The Morgan fingerprint density at radius 1 is 1.31 bits per heavy atom. The molecule has 0 unspecified atom stereocenters. The van der Waals surface area contributed by atoms with Crippen LogP contribution < -0.4 is 11.1 Å². The van der Waals surface area contributed by atoms with Gasteiger partial charge in [-0.05, 0) is 24.3 Å². The molecule has 0 saturated heterocycles. The number of rotatable bonds is 5. The SMILES string of the molecule is N=C(N)N(CC1=NCCN1)/N=C/c1cn(-c2ccc(Cl)cc2Cl)c2ccccc12. The van der Waals surface area contributed by atoms with Crippen LogP contribution in [0.1, 0.15) is 5.56 Å². The minimum atomic E-state index is -0.151. The van der Waals surface area contributed by atoms with Gasteiger partial charge < -0.3 is 15.6 Å². The van der Waals surface area contributed by atoms with Gasteiger partial charge in [-0.15, -0.1) is 0 Å². The van der Waals surface area contributed by atoms with Crippen molar-refractivity contribution in [2.75, 3.05) is 19.6 Å². The molecule has 0 bridgehead atoms. The molecule has 0 aliphatic carbocycles. The summed E-state index contributed by atoms with van der Waals surface area (Å²) in [5.41, 5.74) is 8.37. The quantitative estimate of drug-likeness (QED) is 0.330. The summed E-state index contributed by atoms with van der Waals surface area (Å²) in [5, 5.41) is 18.9. The number of aliphatic imine (C=N–C) groups is 1. The molecule has 2 heterocycles. The van der Waals surface area contributed by atoms with Gasteiger partial charge in [-0.3, -0.25) is 10.4 Å². The van der Waals surface area contributed by atoms with E-state index < -0.39 is 0 Å². The molecule has 0 fully saturated rings. The third-order valence-electron chi connectivity index (χ3n) is 4.57. The number of para-hydroxylation sites is 1. The number of halogens is 2. The van der Waals surface area contributed by atoms with Gasteiger partial charge in [0.25, 0.3) is 0 Å². The van der Waals surface area contributed by atoms with E-state index in [1.165, 1.54) is 5.01 Å². The summed E-state index contributed by atoms with van der Waals surface area (Å²) in [6.07, 6.45) is 3.65. The molecular formula is C20H19Cl2N7. The van der Waals surface area contributed by atoms with Crippen molar-refractivity contribution in [1.29, 1.82) is 5.41 Å². The highest BCUT2D eigenvalue weighted by Crippen LogP contribution is 2.29. The number of guanidine groups is 1. The predicted molar refractivity (Wildman–Crippen MR) is 120 cm³/mol. The first-order valence-electron chi connectivity index (χ1n) is 9.01. The molecule has 1 aliphatic heterocycles. The van der Waals surface area contributed by atoms with E-state index in [1.54, 1.807) is 18.3 Å². The first-order chi connectivity index (χ1) is 14.0. The molecule has 29 heavy (non-hydrogen) atoms. The molecule has 9 heteroatoms. The average Bonchev–Trinajstić information content (AvgIpc) is 3.33. The molecule has 1 aliphatic rings. The fourth-order valence-electron chi connectivity index (χ4n) is 3.20. The highest BCUT2D eigenvalue weighted by molar-refractivity contribution is 6.35. The van der Waals surface area contributed by atoms with Crippen LogP contribution in [0.25, 0.3) is 16.6 Å². The van der Waals surface area contributed by atoms with E-state index >= 15 is 0 Å². The molecule has 4 N–H and O–H groups in total. The van der Waals surface area contributed by atoms with Crippen molar-refractivity contribution < 1.29 is 0 Å². The third kappa shape index (κ3) is 4.06. The number of amidine groups is 1. The minimum Gasteiger partial charge on any atom is -0.370 e. The van der Waals surface area contributed by atoms with E-state index in [-0.39, 0.29) is 5.96 Å². The zero-order valence-corrected chi connectivity index (χ0v) is 17.0. The molecule has 0 amide bonds. The smallest absolute Gasteiger partial charge is 0.209 e. The van der Waals surface area contributed by atoms with Crippen LogP contribution in [-0.4, -0.2) is 47.2 Å². The topological polar surface area (TPSA) is 94.8 Å². The fraction of sp³-hybridized carbons (Fsp3) is 0.150. The van der Waals surface area contributed by atoms with Gasteiger partial charge in [0, 0.05) is 28.7 Å². The maximum atomic E-state index is 7.80. The zero-order valence-electron chi connectivity index (χ0n) is 15.4. The Morgan fingerprint density at radius 3 is 2.86 bits per heavy atom. The normalized spacial score (nSPS) is 13.7. The van der Waals surface area contributed by atoms with E-state index in [0.717, 1.165) is 41.1 Å². The summed E-state index contributed by atoms with van der Waals surface area (Å²) < 4.78 is 2.00. The number of nitrogens with zero attached hydrogens (tertiary/aromatic N) is 4. The Kier molecular flexibility index (Phi) is 5.42. The zero-order chi connectivity index (χ0) is 20.4. The van der Waals surface area contributed by atoms with Gasteiger partial charge >= 0.3 is 0 Å². The van der Waals surface area contributed by atoms with Crippen LogP contribution >= 0.6 is 23.2 Å². The molecule has 2 aromatic carbocycles. The van der Waals surface area contributed by atoms with Gasteiger partial charge in [0.1, 0.15) is 12.4 Å². The Bertz CT molecular complexity index is 1130. The summed E-state index contributed by atoms with van der Waals surface area (Å²) in [7, 11) is 0. The maximum Gasteiger partial charge on any atom is 0.209 e. The van der Waals surface area contributed by atoms with Crippen molar-refractivity contribution in [3.63, 3.8) is 0 Å². The summed E-state index contributed by atoms with van der Waals surface area (Å²) >= 11 is 12.5. The Morgan fingerprint density at radius 2 is 2.14 bits per heavy atom. The Hall–Kier alpha value is -3.03. The lowest BCUT2D eigenvalue weighted by molar-refractivity contribution is 0.497. The molecular weight excluding hydrogens is 409 g/mol. The number of aromatic nitrogens is 1. The van der Waals surface area contributed by atoms with Crippen molar-refractivity contribution in [2.24, 2.45) is 15.8 Å². The molecule has 148 valence electrons. The van der Waals surface area contributed by atoms with Gasteiger partial charge in [-0.1, -0.05) is 41.4 Å². The second-order valence-electron chi connectivity index (χ2n) is 6.51. The number of hydrazone groups is 1. The summed E-state index contributed by atoms with van der Waals surface area (Å²) in [6, 6.07) is 13.4. The first kappa shape index (κ1) is 19.3.